The van der Waals surface area contributed by atoms with E-state index in [0.29, 0.717) is 27.9 Å². The first-order valence-electron chi connectivity index (χ1n) is 6.07. The average molecular weight is 304 g/mol. The Bertz CT molecular complexity index is 822. The minimum atomic E-state index is -1.11. The number of carboxylic acid groups (broad SMARTS) is 1. The number of benzene rings is 1. The van der Waals surface area contributed by atoms with Crippen LogP contribution in [0.4, 0.5) is 0 Å². The number of halogens is 1. The summed E-state index contributed by atoms with van der Waals surface area (Å²) >= 11 is 5.97. The summed E-state index contributed by atoms with van der Waals surface area (Å²) in [7, 11) is 0. The topological polar surface area (TPSA) is 81.1 Å². The lowest BCUT2D eigenvalue weighted by Gasteiger charge is -2.05. The third-order valence-corrected chi connectivity index (χ3v) is 3.11. The van der Waals surface area contributed by atoms with Crippen LogP contribution in [0.3, 0.4) is 0 Å². The number of hydrogen-bond donors (Lipinski definition) is 1. The molecule has 0 aliphatic carbocycles. The summed E-state index contributed by atoms with van der Waals surface area (Å²) in [5.74, 6) is -0.488. The van der Waals surface area contributed by atoms with Crippen molar-refractivity contribution >= 4 is 17.6 Å². The van der Waals surface area contributed by atoms with Gasteiger partial charge in [0.2, 0.25) is 0 Å². The molecule has 0 bridgehead atoms. The molecule has 0 aliphatic rings. The molecule has 3 rings (SSSR count). The molecular formula is C14H10ClN3O3. The van der Waals surface area contributed by atoms with Gasteiger partial charge in [-0.1, -0.05) is 22.8 Å². The van der Waals surface area contributed by atoms with E-state index in [1.807, 2.05) is 0 Å². The van der Waals surface area contributed by atoms with E-state index in [1.165, 1.54) is 10.7 Å². The molecule has 1 N–H and O–H groups in total. The maximum Gasteiger partial charge on any atom is 0.356 e. The highest BCUT2D eigenvalue weighted by molar-refractivity contribution is 6.30. The molecule has 0 spiro atoms. The standard InChI is InChI=1S/C14H10ClN3O3/c1-8-5-11(17-21-8)13-7-12(14(19)20)16-18(13)10-4-2-3-9(15)6-10/h2-7H,1H3,(H,19,20). The third kappa shape index (κ3) is 2.53. The van der Waals surface area contributed by atoms with Crippen LogP contribution in [0.25, 0.3) is 17.1 Å². The average Bonchev–Trinajstić information content (AvgIpc) is 3.04. The van der Waals surface area contributed by atoms with Gasteiger partial charge in [0.05, 0.1) is 11.4 Å². The highest BCUT2D eigenvalue weighted by atomic mass is 35.5. The van der Waals surface area contributed by atoms with Crippen molar-refractivity contribution in [2.45, 2.75) is 6.92 Å². The molecule has 0 radical (unpaired) electrons. The van der Waals surface area contributed by atoms with E-state index in [1.54, 1.807) is 37.3 Å². The number of rotatable bonds is 3. The van der Waals surface area contributed by atoms with Crippen molar-refractivity contribution in [3.8, 4) is 17.1 Å². The molecule has 2 heterocycles. The van der Waals surface area contributed by atoms with Crippen molar-refractivity contribution in [1.82, 2.24) is 14.9 Å². The Morgan fingerprint density at radius 3 is 2.76 bits per heavy atom. The predicted octanol–water partition coefficient (Wildman–Crippen LogP) is 3.19. The molecule has 21 heavy (non-hydrogen) atoms. The van der Waals surface area contributed by atoms with Gasteiger partial charge in [-0.25, -0.2) is 9.48 Å². The summed E-state index contributed by atoms with van der Waals surface area (Å²) < 4.78 is 6.52. The molecule has 6 nitrogen and oxygen atoms in total. The first-order valence-corrected chi connectivity index (χ1v) is 6.45. The van der Waals surface area contributed by atoms with Crippen molar-refractivity contribution in [1.29, 1.82) is 0 Å². The lowest BCUT2D eigenvalue weighted by atomic mass is 10.2. The fourth-order valence-electron chi connectivity index (χ4n) is 1.96. The van der Waals surface area contributed by atoms with E-state index in [2.05, 4.69) is 10.3 Å². The van der Waals surface area contributed by atoms with Crippen molar-refractivity contribution in [3.05, 3.63) is 52.9 Å². The summed E-state index contributed by atoms with van der Waals surface area (Å²) in [6.45, 7) is 1.76. The molecule has 0 atom stereocenters. The normalized spacial score (nSPS) is 10.8. The number of aromatic nitrogens is 3. The van der Waals surface area contributed by atoms with Gasteiger partial charge < -0.3 is 9.63 Å². The molecule has 0 unspecified atom stereocenters. The van der Waals surface area contributed by atoms with Gasteiger partial charge in [-0.3, -0.25) is 0 Å². The summed E-state index contributed by atoms with van der Waals surface area (Å²) in [6.07, 6.45) is 0. The van der Waals surface area contributed by atoms with E-state index < -0.39 is 5.97 Å². The smallest absolute Gasteiger partial charge is 0.356 e. The third-order valence-electron chi connectivity index (χ3n) is 2.87. The molecule has 0 aliphatic heterocycles. The van der Waals surface area contributed by atoms with Crippen LogP contribution >= 0.6 is 11.6 Å². The number of hydrogen-bond acceptors (Lipinski definition) is 4. The maximum absolute atomic E-state index is 11.2. The Kier molecular flexibility index (Phi) is 3.23. The summed E-state index contributed by atoms with van der Waals surface area (Å²) in [5, 5.41) is 17.6. The van der Waals surface area contributed by atoms with E-state index in [0.717, 1.165) is 0 Å². The van der Waals surface area contributed by atoms with E-state index >= 15 is 0 Å². The maximum atomic E-state index is 11.2. The van der Waals surface area contributed by atoms with Crippen LogP contribution < -0.4 is 0 Å². The lowest BCUT2D eigenvalue weighted by Crippen LogP contribution is -2.02. The summed E-state index contributed by atoms with van der Waals surface area (Å²) in [6, 6.07) is 10.1. The minimum Gasteiger partial charge on any atom is -0.476 e. The van der Waals surface area contributed by atoms with Crippen LogP contribution in [0.1, 0.15) is 16.2 Å². The van der Waals surface area contributed by atoms with Crippen LogP contribution in [-0.4, -0.2) is 26.0 Å². The Labute approximate surface area is 124 Å². The van der Waals surface area contributed by atoms with Crippen molar-refractivity contribution in [3.63, 3.8) is 0 Å². The number of nitrogens with zero attached hydrogens (tertiary/aromatic N) is 3. The summed E-state index contributed by atoms with van der Waals surface area (Å²) in [4.78, 5) is 11.2. The van der Waals surface area contributed by atoms with Crippen LogP contribution in [-0.2, 0) is 0 Å². The van der Waals surface area contributed by atoms with Crippen molar-refractivity contribution in [2.24, 2.45) is 0 Å². The first kappa shape index (κ1) is 13.4. The number of aryl methyl sites for hydroxylation is 1. The molecule has 3 aromatic rings. The fraction of sp³-hybridized carbons (Fsp3) is 0.0714. The van der Waals surface area contributed by atoms with Crippen LogP contribution in [0.2, 0.25) is 5.02 Å². The Morgan fingerprint density at radius 1 is 1.33 bits per heavy atom. The molecule has 7 heteroatoms. The van der Waals surface area contributed by atoms with Crippen molar-refractivity contribution < 1.29 is 14.4 Å². The highest BCUT2D eigenvalue weighted by Gasteiger charge is 2.18. The van der Waals surface area contributed by atoms with Gasteiger partial charge in [-0.15, -0.1) is 0 Å². The van der Waals surface area contributed by atoms with Gasteiger partial charge >= 0.3 is 5.97 Å². The van der Waals surface area contributed by atoms with Crippen LogP contribution in [0.15, 0.2) is 40.9 Å². The van der Waals surface area contributed by atoms with Gasteiger partial charge in [0.1, 0.15) is 11.5 Å². The highest BCUT2D eigenvalue weighted by Crippen LogP contribution is 2.25. The quantitative estimate of drug-likeness (QED) is 0.803. The second-order valence-electron chi connectivity index (χ2n) is 4.43. The fourth-order valence-corrected chi connectivity index (χ4v) is 2.14. The largest absolute Gasteiger partial charge is 0.476 e. The predicted molar refractivity (Wildman–Crippen MR) is 75.8 cm³/mol. The molecule has 0 fully saturated rings. The molecular weight excluding hydrogens is 294 g/mol. The Morgan fingerprint density at radius 2 is 2.14 bits per heavy atom. The zero-order valence-corrected chi connectivity index (χ0v) is 11.7. The molecule has 106 valence electrons. The monoisotopic (exact) mass is 303 g/mol. The first-order chi connectivity index (χ1) is 10.0. The molecule has 0 amide bonds. The number of carbonyl (C=O) groups is 1. The Balaban J connectivity index is 2.21. The van der Waals surface area contributed by atoms with Crippen molar-refractivity contribution in [2.75, 3.05) is 0 Å². The molecule has 0 saturated carbocycles. The minimum absolute atomic E-state index is 0.0781. The zero-order chi connectivity index (χ0) is 15.0. The van der Waals surface area contributed by atoms with Gasteiger partial charge in [-0.05, 0) is 25.1 Å². The van der Waals surface area contributed by atoms with E-state index in [9.17, 15) is 4.79 Å². The second-order valence-corrected chi connectivity index (χ2v) is 4.87. The summed E-state index contributed by atoms with van der Waals surface area (Å²) in [5.41, 5.74) is 1.59. The molecule has 0 saturated heterocycles. The number of carboxylic acids is 1. The number of aromatic carboxylic acids is 1. The van der Waals surface area contributed by atoms with Crippen LogP contribution in [0, 0.1) is 6.92 Å². The van der Waals surface area contributed by atoms with Gasteiger partial charge in [0.15, 0.2) is 5.69 Å². The van der Waals surface area contributed by atoms with Gasteiger partial charge in [0.25, 0.3) is 0 Å². The van der Waals surface area contributed by atoms with E-state index in [-0.39, 0.29) is 5.69 Å². The van der Waals surface area contributed by atoms with E-state index in [4.69, 9.17) is 21.2 Å². The lowest BCUT2D eigenvalue weighted by molar-refractivity contribution is 0.0690. The second kappa shape index (κ2) is 5.06. The zero-order valence-electron chi connectivity index (χ0n) is 10.9. The Hall–Kier alpha value is -2.60. The van der Waals surface area contributed by atoms with Gasteiger partial charge in [-0.2, -0.15) is 5.10 Å². The molecule has 2 aromatic heterocycles. The van der Waals surface area contributed by atoms with Crippen LogP contribution in [0.5, 0.6) is 0 Å². The molecule has 1 aromatic carbocycles. The van der Waals surface area contributed by atoms with Gasteiger partial charge in [0, 0.05) is 17.2 Å². The SMILES string of the molecule is Cc1cc(-c2cc(C(=O)O)nn2-c2cccc(Cl)c2)no1.